The van der Waals surface area contributed by atoms with E-state index < -0.39 is 10.0 Å². The highest BCUT2D eigenvalue weighted by Gasteiger charge is 2.34. The van der Waals surface area contributed by atoms with E-state index >= 15 is 0 Å². The van der Waals surface area contributed by atoms with Gasteiger partial charge in [-0.05, 0) is 42.7 Å². The summed E-state index contributed by atoms with van der Waals surface area (Å²) in [5, 5.41) is 2.89. The molecule has 1 fully saturated rings. The van der Waals surface area contributed by atoms with Crippen molar-refractivity contribution in [2.24, 2.45) is 0 Å². The number of nitrogens with zero attached hydrogens (tertiary/aromatic N) is 1. The molecule has 2 aromatic rings. The van der Waals surface area contributed by atoms with E-state index in [2.05, 4.69) is 5.32 Å². The van der Waals surface area contributed by atoms with Crippen LogP contribution in [0.3, 0.4) is 0 Å². The molecule has 0 saturated carbocycles. The van der Waals surface area contributed by atoms with Crippen molar-refractivity contribution in [3.05, 3.63) is 54.1 Å². The van der Waals surface area contributed by atoms with Crippen molar-refractivity contribution in [2.75, 3.05) is 13.3 Å². The number of fused-ring (bicyclic) bond motifs is 1. The predicted molar refractivity (Wildman–Crippen MR) is 107 cm³/mol. The normalized spacial score (nSPS) is 19.1. The first-order chi connectivity index (χ1) is 14.0. The molecule has 1 atom stereocenters. The molecule has 1 saturated heterocycles. The smallest absolute Gasteiger partial charge is 0.243 e. The minimum Gasteiger partial charge on any atom is -0.454 e. The lowest BCUT2D eigenvalue weighted by Crippen LogP contribution is -2.45. The number of amides is 1. The van der Waals surface area contributed by atoms with Crippen LogP contribution in [0.1, 0.15) is 31.2 Å². The average Bonchev–Trinajstić information content (AvgIpc) is 3.21. The number of sulfonamides is 1. The van der Waals surface area contributed by atoms with Gasteiger partial charge in [-0.2, -0.15) is 4.31 Å². The van der Waals surface area contributed by atoms with Crippen molar-refractivity contribution in [2.45, 2.75) is 43.2 Å². The number of ether oxygens (including phenoxy) is 2. The molecule has 7 nitrogen and oxygen atoms in total. The highest BCUT2D eigenvalue weighted by molar-refractivity contribution is 7.89. The zero-order valence-corrected chi connectivity index (χ0v) is 16.9. The summed E-state index contributed by atoms with van der Waals surface area (Å²) in [7, 11) is -3.61. The first-order valence-electron chi connectivity index (χ1n) is 9.76. The SMILES string of the molecule is O=C(C[C@@H]1CCCCN1S(=O)(=O)c1ccccc1)NCc1ccc2c(c1)OCO2. The second-order valence-corrected chi connectivity index (χ2v) is 9.14. The van der Waals surface area contributed by atoms with Gasteiger partial charge in [-0.15, -0.1) is 0 Å². The maximum Gasteiger partial charge on any atom is 0.243 e. The predicted octanol–water partition coefficient (Wildman–Crippen LogP) is 2.67. The Morgan fingerprint density at radius 1 is 1.07 bits per heavy atom. The summed E-state index contributed by atoms with van der Waals surface area (Å²) >= 11 is 0. The number of rotatable bonds is 6. The van der Waals surface area contributed by atoms with Crippen molar-refractivity contribution in [3.63, 3.8) is 0 Å². The van der Waals surface area contributed by atoms with Crippen LogP contribution >= 0.6 is 0 Å². The molecule has 8 heteroatoms. The highest BCUT2D eigenvalue weighted by atomic mass is 32.2. The first-order valence-corrected chi connectivity index (χ1v) is 11.2. The monoisotopic (exact) mass is 416 g/mol. The van der Waals surface area contributed by atoms with E-state index in [9.17, 15) is 13.2 Å². The maximum absolute atomic E-state index is 13.0. The number of benzene rings is 2. The van der Waals surface area contributed by atoms with Gasteiger partial charge in [0.1, 0.15) is 0 Å². The molecular formula is C21H24N2O5S. The molecule has 0 aromatic heterocycles. The zero-order valence-electron chi connectivity index (χ0n) is 16.0. The fourth-order valence-electron chi connectivity index (χ4n) is 3.76. The van der Waals surface area contributed by atoms with Crippen LogP contribution in [0.4, 0.5) is 0 Å². The molecule has 0 aliphatic carbocycles. The Bertz CT molecular complexity index is 978. The molecule has 1 amide bonds. The topological polar surface area (TPSA) is 84.9 Å². The van der Waals surface area contributed by atoms with E-state index in [1.807, 2.05) is 18.2 Å². The molecule has 0 unspecified atom stereocenters. The summed E-state index contributed by atoms with van der Waals surface area (Å²) < 4.78 is 38.2. The van der Waals surface area contributed by atoms with E-state index in [0.717, 1.165) is 18.4 Å². The number of hydrogen-bond acceptors (Lipinski definition) is 5. The Morgan fingerprint density at radius 2 is 1.86 bits per heavy atom. The minimum atomic E-state index is -3.61. The summed E-state index contributed by atoms with van der Waals surface area (Å²) in [5.74, 6) is 1.20. The van der Waals surface area contributed by atoms with E-state index in [4.69, 9.17) is 9.47 Å². The largest absolute Gasteiger partial charge is 0.454 e. The van der Waals surface area contributed by atoms with Gasteiger partial charge in [-0.1, -0.05) is 30.7 Å². The van der Waals surface area contributed by atoms with Crippen molar-refractivity contribution in [3.8, 4) is 11.5 Å². The third-order valence-electron chi connectivity index (χ3n) is 5.27. The molecule has 29 heavy (non-hydrogen) atoms. The summed E-state index contributed by atoms with van der Waals surface area (Å²) in [4.78, 5) is 12.8. The Morgan fingerprint density at radius 3 is 2.69 bits per heavy atom. The molecule has 2 aliphatic rings. The number of hydrogen-bond donors (Lipinski definition) is 1. The van der Waals surface area contributed by atoms with Crippen LogP contribution in [0, 0.1) is 0 Å². The molecule has 0 bridgehead atoms. The summed E-state index contributed by atoms with van der Waals surface area (Å²) in [6, 6.07) is 13.6. The fourth-order valence-corrected chi connectivity index (χ4v) is 5.47. The summed E-state index contributed by atoms with van der Waals surface area (Å²) in [5.41, 5.74) is 0.903. The van der Waals surface area contributed by atoms with Gasteiger partial charge in [0.2, 0.25) is 22.7 Å². The molecule has 2 heterocycles. The molecule has 2 aliphatic heterocycles. The van der Waals surface area contributed by atoms with E-state index in [1.165, 1.54) is 4.31 Å². The van der Waals surface area contributed by atoms with Crippen molar-refractivity contribution in [1.82, 2.24) is 9.62 Å². The van der Waals surface area contributed by atoms with Crippen molar-refractivity contribution < 1.29 is 22.7 Å². The Labute approximate surface area is 170 Å². The maximum atomic E-state index is 13.0. The van der Waals surface area contributed by atoms with Crippen LogP contribution in [0.15, 0.2) is 53.4 Å². The third-order valence-corrected chi connectivity index (χ3v) is 7.24. The Balaban J connectivity index is 1.39. The van der Waals surface area contributed by atoms with Crippen LogP contribution in [-0.4, -0.2) is 38.0 Å². The summed E-state index contributed by atoms with van der Waals surface area (Å²) in [6.45, 7) is 1.00. The van der Waals surface area contributed by atoms with Gasteiger partial charge >= 0.3 is 0 Å². The van der Waals surface area contributed by atoms with Gasteiger partial charge in [0, 0.05) is 25.6 Å². The average molecular weight is 416 g/mol. The standard InChI is InChI=1S/C21H24N2O5S/c24-21(22-14-16-9-10-19-20(12-16)28-15-27-19)13-17-6-4-5-11-23(17)29(25,26)18-7-2-1-3-8-18/h1-3,7-10,12,17H,4-6,11,13-15H2,(H,22,24)/t17-/m0/s1. The molecule has 1 N–H and O–H groups in total. The number of piperidine rings is 1. The van der Waals surface area contributed by atoms with Crippen LogP contribution in [-0.2, 0) is 21.4 Å². The minimum absolute atomic E-state index is 0.149. The third kappa shape index (κ3) is 4.38. The fraction of sp³-hybridized carbons (Fsp3) is 0.381. The van der Waals surface area contributed by atoms with E-state index in [-0.39, 0.29) is 30.1 Å². The van der Waals surface area contributed by atoms with E-state index in [0.29, 0.717) is 31.0 Å². The molecule has 154 valence electrons. The quantitative estimate of drug-likeness (QED) is 0.783. The van der Waals surface area contributed by atoms with Gasteiger partial charge in [0.15, 0.2) is 11.5 Å². The summed E-state index contributed by atoms with van der Waals surface area (Å²) in [6.07, 6.45) is 2.56. The Hall–Kier alpha value is -2.58. The second kappa shape index (κ2) is 8.42. The molecule has 0 spiro atoms. The first kappa shape index (κ1) is 19.7. The van der Waals surface area contributed by atoms with Gasteiger partial charge in [-0.3, -0.25) is 4.79 Å². The van der Waals surface area contributed by atoms with Gasteiger partial charge in [0.25, 0.3) is 0 Å². The zero-order chi connectivity index (χ0) is 20.3. The van der Waals surface area contributed by atoms with Crippen molar-refractivity contribution in [1.29, 1.82) is 0 Å². The van der Waals surface area contributed by atoms with Crippen molar-refractivity contribution >= 4 is 15.9 Å². The number of carbonyl (C=O) groups excluding carboxylic acids is 1. The highest BCUT2D eigenvalue weighted by Crippen LogP contribution is 2.32. The lowest BCUT2D eigenvalue weighted by molar-refractivity contribution is -0.122. The van der Waals surface area contributed by atoms with Gasteiger partial charge in [0.05, 0.1) is 4.90 Å². The second-order valence-electron chi connectivity index (χ2n) is 7.25. The molecule has 4 rings (SSSR count). The molecule has 0 radical (unpaired) electrons. The lowest BCUT2D eigenvalue weighted by Gasteiger charge is -2.34. The van der Waals surface area contributed by atoms with Gasteiger partial charge in [-0.25, -0.2) is 8.42 Å². The Kier molecular flexibility index (Phi) is 5.73. The van der Waals surface area contributed by atoms with Crippen LogP contribution in [0.25, 0.3) is 0 Å². The lowest BCUT2D eigenvalue weighted by atomic mass is 10.0. The molecular weight excluding hydrogens is 392 g/mol. The van der Waals surface area contributed by atoms with Gasteiger partial charge < -0.3 is 14.8 Å². The molecule has 2 aromatic carbocycles. The van der Waals surface area contributed by atoms with Crippen LogP contribution in [0.5, 0.6) is 11.5 Å². The van der Waals surface area contributed by atoms with Crippen LogP contribution < -0.4 is 14.8 Å². The number of nitrogens with one attached hydrogen (secondary N) is 1. The van der Waals surface area contributed by atoms with Crippen LogP contribution in [0.2, 0.25) is 0 Å². The number of carbonyl (C=O) groups is 1. The van der Waals surface area contributed by atoms with E-state index in [1.54, 1.807) is 30.3 Å².